The van der Waals surface area contributed by atoms with Crippen molar-refractivity contribution in [2.45, 2.75) is 50.5 Å². The second kappa shape index (κ2) is 5.31. The molecule has 21 heavy (non-hydrogen) atoms. The van der Waals surface area contributed by atoms with Gasteiger partial charge in [0.15, 0.2) is 0 Å². The van der Waals surface area contributed by atoms with Crippen LogP contribution in [-0.4, -0.2) is 64.8 Å². The number of nitrogens with zero attached hydrogens (tertiary/aromatic N) is 3. The number of hydrogen-bond acceptors (Lipinski definition) is 3. The summed E-state index contributed by atoms with van der Waals surface area (Å²) in [6.45, 7) is 1.40. The van der Waals surface area contributed by atoms with Crippen molar-refractivity contribution in [1.29, 1.82) is 0 Å². The Hall–Kier alpha value is -1.59. The summed E-state index contributed by atoms with van der Waals surface area (Å²) in [7, 11) is 1.70. The monoisotopic (exact) mass is 293 g/mol. The van der Waals surface area contributed by atoms with E-state index in [4.69, 9.17) is 0 Å². The van der Waals surface area contributed by atoms with Gasteiger partial charge in [-0.25, -0.2) is 4.79 Å². The first-order chi connectivity index (χ1) is 10.1. The van der Waals surface area contributed by atoms with Crippen LogP contribution in [0.2, 0.25) is 0 Å². The van der Waals surface area contributed by atoms with Gasteiger partial charge in [-0.1, -0.05) is 19.3 Å². The van der Waals surface area contributed by atoms with E-state index in [1.165, 1.54) is 4.90 Å². The molecule has 0 aromatic rings. The van der Waals surface area contributed by atoms with Crippen molar-refractivity contribution < 1.29 is 14.4 Å². The first kappa shape index (κ1) is 14.4. The lowest BCUT2D eigenvalue weighted by Crippen LogP contribution is -2.49. The summed E-state index contributed by atoms with van der Waals surface area (Å²) in [5, 5.41) is 0. The van der Waals surface area contributed by atoms with Crippen molar-refractivity contribution in [3.63, 3.8) is 0 Å². The summed E-state index contributed by atoms with van der Waals surface area (Å²) >= 11 is 0. The maximum atomic E-state index is 12.7. The highest BCUT2D eigenvalue weighted by molar-refractivity contribution is 6.08. The Kier molecular flexibility index (Phi) is 3.63. The molecular formula is C15H23N3O3. The minimum absolute atomic E-state index is 0.0935. The average Bonchev–Trinajstić information content (AvgIpc) is 3.09. The molecule has 3 aliphatic rings. The molecule has 0 N–H and O–H groups in total. The van der Waals surface area contributed by atoms with Gasteiger partial charge in [0.2, 0.25) is 5.91 Å². The number of carbonyl (C=O) groups excluding carboxylic acids is 3. The van der Waals surface area contributed by atoms with Gasteiger partial charge in [0, 0.05) is 20.1 Å². The predicted molar refractivity (Wildman–Crippen MR) is 76.5 cm³/mol. The van der Waals surface area contributed by atoms with Crippen LogP contribution in [0.5, 0.6) is 0 Å². The summed E-state index contributed by atoms with van der Waals surface area (Å²) in [6.07, 6.45) is 6.53. The Bertz CT molecular complexity index is 465. The van der Waals surface area contributed by atoms with Crippen LogP contribution >= 0.6 is 0 Å². The zero-order chi connectivity index (χ0) is 15.0. The van der Waals surface area contributed by atoms with Gasteiger partial charge in [-0.2, -0.15) is 0 Å². The molecule has 0 aromatic heterocycles. The summed E-state index contributed by atoms with van der Waals surface area (Å²) in [4.78, 5) is 41.9. The van der Waals surface area contributed by atoms with E-state index in [0.717, 1.165) is 58.0 Å². The lowest BCUT2D eigenvalue weighted by molar-refractivity contribution is -0.140. The number of imide groups is 1. The molecule has 0 aromatic carbocycles. The minimum Gasteiger partial charge on any atom is -0.341 e. The van der Waals surface area contributed by atoms with E-state index in [9.17, 15) is 14.4 Å². The molecule has 0 atom stereocenters. The smallest absolute Gasteiger partial charge is 0.327 e. The highest BCUT2D eigenvalue weighted by atomic mass is 16.2. The van der Waals surface area contributed by atoms with Crippen LogP contribution in [-0.2, 0) is 9.59 Å². The van der Waals surface area contributed by atoms with Crippen molar-refractivity contribution in [3.8, 4) is 0 Å². The molecule has 1 aliphatic carbocycles. The number of hydrogen-bond donors (Lipinski definition) is 0. The number of likely N-dealkylation sites (tertiary alicyclic amines) is 1. The topological polar surface area (TPSA) is 60.9 Å². The molecule has 3 fully saturated rings. The normalized spacial score (nSPS) is 25.3. The van der Waals surface area contributed by atoms with Crippen LogP contribution in [0.25, 0.3) is 0 Å². The summed E-state index contributed by atoms with van der Waals surface area (Å²) in [6, 6.07) is -0.311. The van der Waals surface area contributed by atoms with E-state index in [0.29, 0.717) is 0 Å². The van der Waals surface area contributed by atoms with Crippen molar-refractivity contribution >= 4 is 17.8 Å². The van der Waals surface area contributed by atoms with Gasteiger partial charge in [0.05, 0.1) is 0 Å². The van der Waals surface area contributed by atoms with Gasteiger partial charge in [-0.15, -0.1) is 0 Å². The lowest BCUT2D eigenvalue weighted by atomic mass is 9.81. The largest absolute Gasteiger partial charge is 0.341 e. The molecule has 2 heterocycles. The third kappa shape index (κ3) is 2.21. The molecule has 6 heteroatoms. The van der Waals surface area contributed by atoms with Gasteiger partial charge < -0.3 is 9.80 Å². The molecule has 6 nitrogen and oxygen atoms in total. The number of likely N-dealkylation sites (N-methyl/N-ethyl adjacent to an activating group) is 1. The maximum absolute atomic E-state index is 12.7. The van der Waals surface area contributed by atoms with Crippen molar-refractivity contribution in [3.05, 3.63) is 0 Å². The SMILES string of the molecule is CN1C(=O)N(CC(=O)N2CCCC2)C(=O)C12CCCCC2. The second-order valence-corrected chi connectivity index (χ2v) is 6.41. The van der Waals surface area contributed by atoms with Crippen molar-refractivity contribution in [1.82, 2.24) is 14.7 Å². The third-order valence-electron chi connectivity index (χ3n) is 5.24. The molecule has 2 saturated heterocycles. The lowest BCUT2D eigenvalue weighted by Gasteiger charge is -2.35. The zero-order valence-electron chi connectivity index (χ0n) is 12.6. The van der Waals surface area contributed by atoms with E-state index >= 15 is 0 Å². The first-order valence-electron chi connectivity index (χ1n) is 7.94. The quantitative estimate of drug-likeness (QED) is 0.719. The number of urea groups is 1. The minimum atomic E-state index is -0.680. The zero-order valence-corrected chi connectivity index (χ0v) is 12.6. The number of amides is 4. The van der Waals surface area contributed by atoms with Crippen LogP contribution in [0.3, 0.4) is 0 Å². The highest BCUT2D eigenvalue weighted by Crippen LogP contribution is 2.39. The van der Waals surface area contributed by atoms with E-state index in [-0.39, 0.29) is 24.4 Å². The molecule has 3 rings (SSSR count). The highest BCUT2D eigenvalue weighted by Gasteiger charge is 2.55. The van der Waals surface area contributed by atoms with E-state index in [1.54, 1.807) is 16.8 Å². The Balaban J connectivity index is 1.75. The van der Waals surface area contributed by atoms with Crippen LogP contribution in [0.1, 0.15) is 44.9 Å². The Morgan fingerprint density at radius 2 is 1.67 bits per heavy atom. The maximum Gasteiger partial charge on any atom is 0.327 e. The number of carbonyl (C=O) groups is 3. The molecule has 116 valence electrons. The molecule has 0 bridgehead atoms. The third-order valence-corrected chi connectivity index (χ3v) is 5.24. The first-order valence-corrected chi connectivity index (χ1v) is 7.94. The molecule has 0 unspecified atom stereocenters. The molecule has 0 radical (unpaired) electrons. The van der Waals surface area contributed by atoms with E-state index < -0.39 is 5.54 Å². The second-order valence-electron chi connectivity index (χ2n) is 6.41. The van der Waals surface area contributed by atoms with E-state index in [1.807, 2.05) is 0 Å². The number of rotatable bonds is 2. The average molecular weight is 293 g/mol. The van der Waals surface area contributed by atoms with E-state index in [2.05, 4.69) is 0 Å². The van der Waals surface area contributed by atoms with Crippen LogP contribution < -0.4 is 0 Å². The fraction of sp³-hybridized carbons (Fsp3) is 0.800. The van der Waals surface area contributed by atoms with Crippen molar-refractivity contribution in [2.24, 2.45) is 0 Å². The standard InChI is InChI=1S/C15H23N3O3/c1-16-14(21)18(11-12(19)17-9-5-6-10-17)13(20)15(16)7-3-2-4-8-15/h2-11H2,1H3. The van der Waals surface area contributed by atoms with Crippen LogP contribution in [0, 0.1) is 0 Å². The predicted octanol–water partition coefficient (Wildman–Crippen LogP) is 1.21. The van der Waals surface area contributed by atoms with Gasteiger partial charge >= 0.3 is 6.03 Å². The summed E-state index contributed by atoms with van der Waals surface area (Å²) in [5.41, 5.74) is -0.680. The molecule has 4 amide bonds. The molecule has 2 aliphatic heterocycles. The Morgan fingerprint density at radius 3 is 2.29 bits per heavy atom. The summed E-state index contributed by atoms with van der Waals surface area (Å²) in [5.74, 6) is -0.266. The van der Waals surface area contributed by atoms with Gasteiger partial charge in [-0.3, -0.25) is 14.5 Å². The summed E-state index contributed by atoms with van der Waals surface area (Å²) < 4.78 is 0. The Morgan fingerprint density at radius 1 is 1.05 bits per heavy atom. The molecule has 1 spiro atoms. The van der Waals surface area contributed by atoms with Crippen molar-refractivity contribution in [2.75, 3.05) is 26.7 Å². The molecule has 1 saturated carbocycles. The van der Waals surface area contributed by atoms with Gasteiger partial charge in [0.25, 0.3) is 5.91 Å². The Labute approximate surface area is 125 Å². The molecular weight excluding hydrogens is 270 g/mol. The van der Waals surface area contributed by atoms with Gasteiger partial charge in [-0.05, 0) is 25.7 Å². The fourth-order valence-corrected chi connectivity index (χ4v) is 3.87. The van der Waals surface area contributed by atoms with Crippen LogP contribution in [0.15, 0.2) is 0 Å². The fourth-order valence-electron chi connectivity index (χ4n) is 3.87. The van der Waals surface area contributed by atoms with Crippen LogP contribution in [0.4, 0.5) is 4.79 Å². The van der Waals surface area contributed by atoms with Gasteiger partial charge in [0.1, 0.15) is 12.1 Å².